The summed E-state index contributed by atoms with van der Waals surface area (Å²) in [7, 11) is 1.69. The van der Waals surface area contributed by atoms with E-state index in [2.05, 4.69) is 39.7 Å². The molecule has 2 fully saturated rings. The number of carbonyl (C=O) groups is 2. The molecule has 0 aromatic carbocycles. The van der Waals surface area contributed by atoms with Crippen molar-refractivity contribution in [2.24, 2.45) is 28.7 Å². The Morgan fingerprint density at radius 3 is 2.48 bits per heavy atom. The number of fused-ring (bicyclic) bond motifs is 5. The molecule has 4 atom stereocenters. The lowest BCUT2D eigenvalue weighted by Gasteiger charge is -2.18. The third-order valence-corrected chi connectivity index (χ3v) is 6.12. The van der Waals surface area contributed by atoms with Crippen LogP contribution in [-0.4, -0.2) is 54.4 Å². The molecular formula is C22H30IN5O3. The van der Waals surface area contributed by atoms with Gasteiger partial charge in [-0.15, -0.1) is 24.0 Å². The normalized spacial score (nSPS) is 26.1. The Labute approximate surface area is 199 Å². The van der Waals surface area contributed by atoms with Gasteiger partial charge in [-0.25, -0.2) is 4.98 Å². The number of hydrogen-bond donors (Lipinski definition) is 2. The van der Waals surface area contributed by atoms with Gasteiger partial charge in [0.15, 0.2) is 5.96 Å². The summed E-state index contributed by atoms with van der Waals surface area (Å²) in [5, 5.41) is 6.40. The zero-order chi connectivity index (χ0) is 21.1. The molecule has 1 saturated heterocycles. The molecule has 168 valence electrons. The minimum absolute atomic E-state index is 0. The molecule has 2 N–H and O–H groups in total. The van der Waals surface area contributed by atoms with Gasteiger partial charge < -0.3 is 15.4 Å². The molecule has 3 aliphatic rings. The molecule has 4 unspecified atom stereocenters. The number of nitrogens with one attached hydrogen (secondary N) is 2. The van der Waals surface area contributed by atoms with E-state index in [4.69, 9.17) is 4.74 Å². The number of halogens is 1. The monoisotopic (exact) mass is 539 g/mol. The molecule has 8 nitrogen and oxygen atoms in total. The first-order valence-electron chi connectivity index (χ1n) is 10.7. The largest absolute Gasteiger partial charge is 0.478 e. The number of ether oxygens (including phenoxy) is 1. The van der Waals surface area contributed by atoms with E-state index < -0.39 is 0 Å². The number of aliphatic imine (C=N–C) groups is 1. The molecule has 1 aromatic heterocycles. The summed E-state index contributed by atoms with van der Waals surface area (Å²) in [6, 6.07) is 3.81. The molecule has 2 heterocycles. The third-order valence-electron chi connectivity index (χ3n) is 6.12. The number of allylic oxidation sites excluding steroid dienone is 2. The fourth-order valence-electron chi connectivity index (χ4n) is 4.68. The third kappa shape index (κ3) is 4.86. The van der Waals surface area contributed by atoms with Crippen LogP contribution >= 0.6 is 24.0 Å². The summed E-state index contributed by atoms with van der Waals surface area (Å²) >= 11 is 0. The van der Waals surface area contributed by atoms with Crippen LogP contribution in [0.5, 0.6) is 5.88 Å². The molecule has 1 aliphatic heterocycles. The zero-order valence-electron chi connectivity index (χ0n) is 17.9. The predicted octanol–water partition coefficient (Wildman–Crippen LogP) is 1.96. The Bertz CT molecular complexity index is 827. The van der Waals surface area contributed by atoms with Crippen LogP contribution < -0.4 is 15.4 Å². The molecule has 0 spiro atoms. The number of carbonyl (C=O) groups excluding carboxylic acids is 2. The van der Waals surface area contributed by atoms with Crippen molar-refractivity contribution in [1.82, 2.24) is 20.5 Å². The number of imide groups is 1. The topological polar surface area (TPSA) is 95.9 Å². The van der Waals surface area contributed by atoms with Gasteiger partial charge in [-0.05, 0) is 30.2 Å². The second-order valence-corrected chi connectivity index (χ2v) is 8.03. The first-order chi connectivity index (χ1) is 14.6. The molecule has 31 heavy (non-hydrogen) atoms. The Balaban J connectivity index is 0.00000272. The van der Waals surface area contributed by atoms with Crippen LogP contribution in [0.25, 0.3) is 0 Å². The first-order valence-corrected chi connectivity index (χ1v) is 10.7. The zero-order valence-corrected chi connectivity index (χ0v) is 20.2. The minimum atomic E-state index is -0.137. The fourth-order valence-corrected chi connectivity index (χ4v) is 4.68. The van der Waals surface area contributed by atoms with Crippen LogP contribution in [0, 0.1) is 23.7 Å². The van der Waals surface area contributed by atoms with Crippen LogP contribution in [0.4, 0.5) is 0 Å². The van der Waals surface area contributed by atoms with E-state index in [1.165, 1.54) is 4.90 Å². The van der Waals surface area contributed by atoms with Crippen molar-refractivity contribution in [2.75, 3.05) is 26.7 Å². The maximum absolute atomic E-state index is 12.7. The fraction of sp³-hybridized carbons (Fsp3) is 0.545. The van der Waals surface area contributed by atoms with Gasteiger partial charge in [0.05, 0.1) is 18.4 Å². The van der Waals surface area contributed by atoms with Crippen LogP contribution in [0.15, 0.2) is 35.5 Å². The molecule has 1 aromatic rings. The van der Waals surface area contributed by atoms with E-state index in [-0.39, 0.29) is 59.5 Å². The Morgan fingerprint density at radius 1 is 1.19 bits per heavy atom. The smallest absolute Gasteiger partial charge is 0.233 e. The maximum atomic E-state index is 12.7. The maximum Gasteiger partial charge on any atom is 0.233 e. The average Bonchev–Trinajstić information content (AvgIpc) is 3.45. The van der Waals surface area contributed by atoms with Crippen molar-refractivity contribution >= 4 is 41.8 Å². The highest BCUT2D eigenvalue weighted by Gasteiger charge is 2.58. The van der Waals surface area contributed by atoms with Crippen LogP contribution in [-0.2, 0) is 16.1 Å². The summed E-state index contributed by atoms with van der Waals surface area (Å²) < 4.78 is 5.49. The Kier molecular flexibility index (Phi) is 7.90. The SMILES string of the molecule is CCCOc1ccc(CNC(=NC)NCCN2C(=O)C3C4C=CC(C4)C3C2=O)cn1.I. The number of rotatable bonds is 8. The number of pyridine rings is 1. The van der Waals surface area contributed by atoms with Crippen LogP contribution in [0.1, 0.15) is 25.3 Å². The number of guanidine groups is 1. The summed E-state index contributed by atoms with van der Waals surface area (Å²) in [6.07, 6.45) is 7.90. The number of aromatic nitrogens is 1. The quantitative estimate of drug-likeness (QED) is 0.173. The predicted molar refractivity (Wildman–Crippen MR) is 128 cm³/mol. The van der Waals surface area contributed by atoms with E-state index in [0.717, 1.165) is 18.4 Å². The average molecular weight is 539 g/mol. The summed E-state index contributed by atoms with van der Waals surface area (Å²) in [5.41, 5.74) is 1.00. The number of likely N-dealkylation sites (tertiary alicyclic amines) is 1. The van der Waals surface area contributed by atoms with Gasteiger partial charge in [-0.3, -0.25) is 19.5 Å². The van der Waals surface area contributed by atoms with Gasteiger partial charge in [0.25, 0.3) is 0 Å². The highest BCUT2D eigenvalue weighted by atomic mass is 127. The van der Waals surface area contributed by atoms with Crippen molar-refractivity contribution in [3.8, 4) is 5.88 Å². The summed E-state index contributed by atoms with van der Waals surface area (Å²) in [4.78, 5) is 35.4. The second kappa shape index (κ2) is 10.4. The molecule has 2 aliphatic carbocycles. The van der Waals surface area contributed by atoms with Gasteiger partial charge >= 0.3 is 0 Å². The van der Waals surface area contributed by atoms with Gasteiger partial charge in [0.2, 0.25) is 17.7 Å². The standard InChI is InChI=1S/C22H29N5O3.HI/c1-3-10-30-17-7-4-14(12-25-17)13-26-22(23-2)24-8-9-27-20(28)18-15-5-6-16(11-15)19(18)21(27)29;/h4-7,12,15-16,18-19H,3,8-11,13H2,1-2H3,(H2,23,24,26);1H. The van der Waals surface area contributed by atoms with Gasteiger partial charge in [0, 0.05) is 38.9 Å². The summed E-state index contributed by atoms with van der Waals surface area (Å²) in [6.45, 7) is 4.08. The molecule has 9 heteroatoms. The Morgan fingerprint density at radius 2 is 1.90 bits per heavy atom. The van der Waals surface area contributed by atoms with E-state index in [1.54, 1.807) is 13.2 Å². The van der Waals surface area contributed by atoms with Crippen molar-refractivity contribution in [3.63, 3.8) is 0 Å². The number of hydrogen-bond acceptors (Lipinski definition) is 5. The van der Waals surface area contributed by atoms with Crippen molar-refractivity contribution in [3.05, 3.63) is 36.0 Å². The molecule has 0 radical (unpaired) electrons. The Hall–Kier alpha value is -2.17. The van der Waals surface area contributed by atoms with Gasteiger partial charge in [-0.1, -0.05) is 25.1 Å². The van der Waals surface area contributed by atoms with Gasteiger partial charge in [-0.2, -0.15) is 0 Å². The lowest BCUT2D eigenvalue weighted by molar-refractivity contribution is -0.140. The van der Waals surface area contributed by atoms with E-state index in [9.17, 15) is 9.59 Å². The van der Waals surface area contributed by atoms with Crippen LogP contribution in [0.2, 0.25) is 0 Å². The minimum Gasteiger partial charge on any atom is -0.478 e. The van der Waals surface area contributed by atoms with E-state index in [0.29, 0.717) is 38.1 Å². The van der Waals surface area contributed by atoms with Crippen molar-refractivity contribution in [2.45, 2.75) is 26.3 Å². The summed E-state index contributed by atoms with van der Waals surface area (Å²) in [5.74, 6) is 1.43. The molecule has 2 bridgehead atoms. The highest BCUT2D eigenvalue weighted by molar-refractivity contribution is 14.0. The second-order valence-electron chi connectivity index (χ2n) is 8.03. The van der Waals surface area contributed by atoms with Crippen molar-refractivity contribution in [1.29, 1.82) is 0 Å². The lowest BCUT2D eigenvalue weighted by atomic mass is 9.85. The van der Waals surface area contributed by atoms with Crippen LogP contribution in [0.3, 0.4) is 0 Å². The number of amides is 2. The van der Waals surface area contributed by atoms with E-state index in [1.807, 2.05) is 12.1 Å². The number of nitrogens with zero attached hydrogens (tertiary/aromatic N) is 3. The first kappa shape index (κ1) is 23.5. The highest BCUT2D eigenvalue weighted by Crippen LogP contribution is 2.52. The lowest BCUT2D eigenvalue weighted by Crippen LogP contribution is -2.43. The molecule has 4 rings (SSSR count). The molecule has 2 amide bonds. The van der Waals surface area contributed by atoms with Gasteiger partial charge in [0.1, 0.15) is 0 Å². The molecular weight excluding hydrogens is 509 g/mol. The van der Waals surface area contributed by atoms with E-state index >= 15 is 0 Å². The molecule has 1 saturated carbocycles. The van der Waals surface area contributed by atoms with Crippen molar-refractivity contribution < 1.29 is 14.3 Å².